The van der Waals surface area contributed by atoms with E-state index in [4.69, 9.17) is 0 Å². The molecule has 100 valence electrons. The highest BCUT2D eigenvalue weighted by Gasteiger charge is 2.26. The SMILES string of the molecule is CC1(C)CCC(NCc2ccc(F)cc2Br)CC1. The molecule has 18 heavy (non-hydrogen) atoms. The van der Waals surface area contributed by atoms with Crippen molar-refractivity contribution in [2.24, 2.45) is 5.41 Å². The quantitative estimate of drug-likeness (QED) is 0.856. The lowest BCUT2D eigenvalue weighted by atomic mass is 9.75. The van der Waals surface area contributed by atoms with Crippen molar-refractivity contribution in [1.29, 1.82) is 0 Å². The fraction of sp³-hybridized carbons (Fsp3) is 0.600. The summed E-state index contributed by atoms with van der Waals surface area (Å²) in [5, 5.41) is 3.58. The molecule has 0 atom stereocenters. The molecule has 2 rings (SSSR count). The lowest BCUT2D eigenvalue weighted by Crippen LogP contribution is -2.35. The van der Waals surface area contributed by atoms with Gasteiger partial charge in [-0.1, -0.05) is 35.8 Å². The Balaban J connectivity index is 1.85. The van der Waals surface area contributed by atoms with Gasteiger partial charge in [0.05, 0.1) is 0 Å². The van der Waals surface area contributed by atoms with Crippen LogP contribution in [-0.4, -0.2) is 6.04 Å². The Hall–Kier alpha value is -0.410. The van der Waals surface area contributed by atoms with Crippen LogP contribution in [0.3, 0.4) is 0 Å². The zero-order chi connectivity index (χ0) is 13.2. The molecule has 1 aromatic carbocycles. The molecular weight excluding hydrogens is 293 g/mol. The second-order valence-corrected chi connectivity index (χ2v) is 6.91. The molecule has 1 nitrogen and oxygen atoms in total. The van der Waals surface area contributed by atoms with Crippen LogP contribution in [0, 0.1) is 11.2 Å². The molecule has 1 aliphatic carbocycles. The highest BCUT2D eigenvalue weighted by atomic mass is 79.9. The summed E-state index contributed by atoms with van der Waals surface area (Å²) in [5.74, 6) is -0.190. The molecule has 0 aromatic heterocycles. The van der Waals surface area contributed by atoms with E-state index in [2.05, 4.69) is 35.1 Å². The zero-order valence-electron chi connectivity index (χ0n) is 11.1. The van der Waals surface area contributed by atoms with Crippen LogP contribution in [0.1, 0.15) is 45.1 Å². The predicted molar refractivity (Wildman–Crippen MR) is 77.0 cm³/mol. The van der Waals surface area contributed by atoms with E-state index in [1.165, 1.54) is 37.8 Å². The van der Waals surface area contributed by atoms with E-state index >= 15 is 0 Å². The molecule has 1 aliphatic rings. The van der Waals surface area contributed by atoms with Gasteiger partial charge >= 0.3 is 0 Å². The molecule has 1 saturated carbocycles. The number of rotatable bonds is 3. The molecule has 0 bridgehead atoms. The van der Waals surface area contributed by atoms with Crippen molar-refractivity contribution in [2.75, 3.05) is 0 Å². The van der Waals surface area contributed by atoms with E-state index in [0.29, 0.717) is 11.5 Å². The van der Waals surface area contributed by atoms with Crippen molar-refractivity contribution >= 4 is 15.9 Å². The van der Waals surface area contributed by atoms with Gasteiger partial charge in [-0.05, 0) is 48.8 Å². The summed E-state index contributed by atoms with van der Waals surface area (Å²) in [6.07, 6.45) is 5.06. The average Bonchev–Trinajstić information content (AvgIpc) is 2.29. The van der Waals surface area contributed by atoms with Crippen LogP contribution in [-0.2, 0) is 6.54 Å². The summed E-state index contributed by atoms with van der Waals surface area (Å²) in [6.45, 7) is 5.51. The first kappa shape index (κ1) is 14.0. The molecule has 3 heteroatoms. The van der Waals surface area contributed by atoms with Crippen LogP contribution in [0.25, 0.3) is 0 Å². The van der Waals surface area contributed by atoms with E-state index in [-0.39, 0.29) is 5.82 Å². The summed E-state index contributed by atoms with van der Waals surface area (Å²) >= 11 is 3.41. The molecular formula is C15H21BrFN. The van der Waals surface area contributed by atoms with Crippen LogP contribution in [0.15, 0.2) is 22.7 Å². The van der Waals surface area contributed by atoms with E-state index in [1.54, 1.807) is 0 Å². The Labute approximate surface area is 117 Å². The number of benzene rings is 1. The van der Waals surface area contributed by atoms with Crippen molar-refractivity contribution in [3.8, 4) is 0 Å². The van der Waals surface area contributed by atoms with Gasteiger partial charge in [-0.25, -0.2) is 4.39 Å². The highest BCUT2D eigenvalue weighted by molar-refractivity contribution is 9.10. The smallest absolute Gasteiger partial charge is 0.124 e. The van der Waals surface area contributed by atoms with Crippen molar-refractivity contribution in [2.45, 2.75) is 52.1 Å². The highest BCUT2D eigenvalue weighted by Crippen LogP contribution is 2.35. The number of hydrogen-bond acceptors (Lipinski definition) is 1. The fourth-order valence-electron chi connectivity index (χ4n) is 2.52. The maximum absolute atomic E-state index is 13.0. The van der Waals surface area contributed by atoms with Gasteiger partial charge in [-0.2, -0.15) is 0 Å². The van der Waals surface area contributed by atoms with E-state index in [9.17, 15) is 4.39 Å². The zero-order valence-corrected chi connectivity index (χ0v) is 12.7. The molecule has 0 spiro atoms. The second kappa shape index (κ2) is 5.70. The summed E-state index contributed by atoms with van der Waals surface area (Å²) < 4.78 is 13.8. The van der Waals surface area contributed by atoms with Gasteiger partial charge < -0.3 is 5.32 Å². The van der Waals surface area contributed by atoms with Gasteiger partial charge in [0.1, 0.15) is 5.82 Å². The minimum absolute atomic E-state index is 0.190. The maximum Gasteiger partial charge on any atom is 0.124 e. The molecule has 0 heterocycles. The standard InChI is InChI=1S/C15H21BrFN/c1-15(2)7-5-13(6-8-15)18-10-11-3-4-12(17)9-14(11)16/h3-4,9,13,18H,5-8,10H2,1-2H3. The van der Waals surface area contributed by atoms with Gasteiger partial charge in [-0.3, -0.25) is 0 Å². The average molecular weight is 314 g/mol. The van der Waals surface area contributed by atoms with Crippen LogP contribution in [0.2, 0.25) is 0 Å². The largest absolute Gasteiger partial charge is 0.310 e. The summed E-state index contributed by atoms with van der Waals surface area (Å²) in [7, 11) is 0. The molecule has 1 N–H and O–H groups in total. The first-order chi connectivity index (χ1) is 8.46. The second-order valence-electron chi connectivity index (χ2n) is 6.06. The Morgan fingerprint density at radius 1 is 1.33 bits per heavy atom. The Kier molecular flexibility index (Phi) is 4.44. The monoisotopic (exact) mass is 313 g/mol. The third-order valence-corrected chi connectivity index (χ3v) is 4.67. The van der Waals surface area contributed by atoms with Crippen molar-refractivity contribution in [1.82, 2.24) is 5.32 Å². The fourth-order valence-corrected chi connectivity index (χ4v) is 3.01. The molecule has 1 aromatic rings. The molecule has 0 amide bonds. The third kappa shape index (κ3) is 3.79. The van der Waals surface area contributed by atoms with Gasteiger partial charge in [0, 0.05) is 17.1 Å². The number of halogens is 2. The van der Waals surface area contributed by atoms with E-state index in [0.717, 1.165) is 16.6 Å². The predicted octanol–water partition coefficient (Wildman–Crippen LogP) is 4.65. The van der Waals surface area contributed by atoms with Gasteiger partial charge in [0.25, 0.3) is 0 Å². The minimum atomic E-state index is -0.190. The normalized spacial score (nSPS) is 20.0. The lowest BCUT2D eigenvalue weighted by molar-refractivity contribution is 0.206. The third-order valence-electron chi connectivity index (χ3n) is 3.94. The number of hydrogen-bond donors (Lipinski definition) is 1. The first-order valence-electron chi connectivity index (χ1n) is 6.64. The van der Waals surface area contributed by atoms with Crippen molar-refractivity contribution in [3.05, 3.63) is 34.1 Å². The van der Waals surface area contributed by atoms with Crippen LogP contribution < -0.4 is 5.32 Å². The van der Waals surface area contributed by atoms with Gasteiger partial charge in [-0.15, -0.1) is 0 Å². The number of nitrogens with one attached hydrogen (secondary N) is 1. The molecule has 0 saturated heterocycles. The first-order valence-corrected chi connectivity index (χ1v) is 7.43. The molecule has 0 radical (unpaired) electrons. The van der Waals surface area contributed by atoms with E-state index < -0.39 is 0 Å². The Bertz CT molecular complexity index is 407. The van der Waals surface area contributed by atoms with Crippen LogP contribution in [0.5, 0.6) is 0 Å². The minimum Gasteiger partial charge on any atom is -0.310 e. The van der Waals surface area contributed by atoms with Gasteiger partial charge in [0.15, 0.2) is 0 Å². The van der Waals surface area contributed by atoms with Crippen LogP contribution in [0.4, 0.5) is 4.39 Å². The van der Waals surface area contributed by atoms with E-state index in [1.807, 2.05) is 6.07 Å². The Morgan fingerprint density at radius 2 is 2.00 bits per heavy atom. The van der Waals surface area contributed by atoms with Gasteiger partial charge in [0.2, 0.25) is 0 Å². The molecule has 0 aliphatic heterocycles. The maximum atomic E-state index is 13.0. The lowest BCUT2D eigenvalue weighted by Gasteiger charge is -2.34. The summed E-state index contributed by atoms with van der Waals surface area (Å²) in [6, 6.07) is 5.50. The topological polar surface area (TPSA) is 12.0 Å². The summed E-state index contributed by atoms with van der Waals surface area (Å²) in [5.41, 5.74) is 1.63. The van der Waals surface area contributed by atoms with Crippen molar-refractivity contribution in [3.63, 3.8) is 0 Å². The summed E-state index contributed by atoms with van der Waals surface area (Å²) in [4.78, 5) is 0. The molecule has 0 unspecified atom stereocenters. The Morgan fingerprint density at radius 3 is 2.61 bits per heavy atom. The van der Waals surface area contributed by atoms with Crippen molar-refractivity contribution < 1.29 is 4.39 Å². The molecule has 1 fully saturated rings. The van der Waals surface area contributed by atoms with Crippen LogP contribution >= 0.6 is 15.9 Å².